The molecule has 1 unspecified atom stereocenters. The van der Waals surface area contributed by atoms with Crippen molar-refractivity contribution in [2.45, 2.75) is 36.0 Å². The number of pyridine rings is 1. The Morgan fingerprint density at radius 2 is 1.74 bits per heavy atom. The van der Waals surface area contributed by atoms with E-state index in [2.05, 4.69) is 9.97 Å². The van der Waals surface area contributed by atoms with E-state index >= 15 is 0 Å². The third-order valence-electron chi connectivity index (χ3n) is 6.62. The fraction of sp³-hybridized carbons (Fsp3) is 0.286. The van der Waals surface area contributed by atoms with Gasteiger partial charge in [-0.05, 0) is 35.9 Å². The first-order chi connectivity index (χ1) is 18.7. The molecule has 2 aromatic carbocycles. The first-order valence-corrected chi connectivity index (χ1v) is 14.0. The minimum absolute atomic E-state index is 0.0248. The highest BCUT2D eigenvalue weighted by Gasteiger charge is 2.32. The second kappa shape index (κ2) is 11.3. The Morgan fingerprint density at radius 3 is 2.44 bits per heavy atom. The lowest BCUT2D eigenvalue weighted by molar-refractivity contribution is -0.0682. The molecule has 0 saturated carbocycles. The van der Waals surface area contributed by atoms with E-state index in [0.717, 1.165) is 11.1 Å². The number of nitrogens with zero attached hydrogens (tertiary/aromatic N) is 2. The molecule has 204 valence electrons. The van der Waals surface area contributed by atoms with Crippen molar-refractivity contribution in [1.29, 1.82) is 0 Å². The smallest absolute Gasteiger partial charge is 0.238 e. The van der Waals surface area contributed by atoms with Crippen molar-refractivity contribution in [1.82, 2.24) is 9.97 Å². The van der Waals surface area contributed by atoms with Gasteiger partial charge in [0.15, 0.2) is 11.9 Å². The maximum Gasteiger partial charge on any atom is 0.238 e. The first-order valence-electron chi connectivity index (χ1n) is 12.4. The molecular formula is C28H29N3O7S. The fourth-order valence-corrected chi connectivity index (χ4v) is 4.96. The van der Waals surface area contributed by atoms with Crippen molar-refractivity contribution < 1.29 is 32.5 Å². The molecule has 5 rings (SSSR count). The van der Waals surface area contributed by atoms with E-state index in [1.165, 1.54) is 12.1 Å². The van der Waals surface area contributed by atoms with E-state index in [1.807, 2.05) is 36.4 Å². The van der Waals surface area contributed by atoms with Crippen LogP contribution in [-0.4, -0.2) is 48.4 Å². The van der Waals surface area contributed by atoms with Gasteiger partial charge in [0.2, 0.25) is 15.9 Å². The highest BCUT2D eigenvalue weighted by Crippen LogP contribution is 2.35. The highest BCUT2D eigenvalue weighted by molar-refractivity contribution is 7.89. The Labute approximate surface area is 226 Å². The summed E-state index contributed by atoms with van der Waals surface area (Å²) in [5.74, 6) is 0.431. The van der Waals surface area contributed by atoms with E-state index in [9.17, 15) is 18.6 Å². The van der Waals surface area contributed by atoms with Crippen molar-refractivity contribution in [3.05, 3.63) is 90.1 Å². The number of rotatable bonds is 9. The second-order valence-electron chi connectivity index (χ2n) is 9.42. The van der Waals surface area contributed by atoms with Crippen LogP contribution in [0, 0.1) is 0 Å². The zero-order chi connectivity index (χ0) is 27.5. The second-order valence-corrected chi connectivity index (χ2v) is 11.0. The molecule has 39 heavy (non-hydrogen) atoms. The zero-order valence-electron chi connectivity index (χ0n) is 21.1. The molecule has 3 heterocycles. The first kappa shape index (κ1) is 27.1. The highest BCUT2D eigenvalue weighted by atomic mass is 32.2. The van der Waals surface area contributed by atoms with E-state index in [1.54, 1.807) is 24.5 Å². The molecule has 1 fully saturated rings. The number of nitrogens with two attached hydrogens (primary N) is 1. The maximum atomic E-state index is 11.7. The summed E-state index contributed by atoms with van der Waals surface area (Å²) < 4.78 is 40.4. The molecule has 0 aliphatic carbocycles. The van der Waals surface area contributed by atoms with Gasteiger partial charge in [0.25, 0.3) is 0 Å². The number of oxazole rings is 1. The van der Waals surface area contributed by atoms with Gasteiger partial charge in [-0.15, -0.1) is 0 Å². The van der Waals surface area contributed by atoms with Gasteiger partial charge in [0.05, 0.1) is 23.7 Å². The molecular weight excluding hydrogens is 522 g/mol. The molecule has 4 N–H and O–H groups in total. The average Bonchev–Trinajstić information content (AvgIpc) is 3.40. The van der Waals surface area contributed by atoms with Crippen LogP contribution >= 0.6 is 0 Å². The Bertz CT molecular complexity index is 1520. The summed E-state index contributed by atoms with van der Waals surface area (Å²) in [5.41, 5.74) is 2.32. The van der Waals surface area contributed by atoms with Gasteiger partial charge in [0, 0.05) is 55.1 Å². The Morgan fingerprint density at radius 1 is 1.03 bits per heavy atom. The van der Waals surface area contributed by atoms with Crippen LogP contribution in [0.15, 0.2) is 82.4 Å². The number of ether oxygens (including phenoxy) is 2. The van der Waals surface area contributed by atoms with Crippen LogP contribution in [0.5, 0.6) is 0 Å². The van der Waals surface area contributed by atoms with Crippen LogP contribution in [-0.2, 0) is 31.7 Å². The Balaban J connectivity index is 1.32. The standard InChI is InChI=1S/C28H29N3O7S/c29-39(34,35)23-8-6-21(7-9-23)26-25(20-4-2-1-3-5-20)31-27(38-26)24(32)18-37-17-19-14-22(16-30-15-19)28(33)10-12-36-13-11-28/h1-9,14-16,24,32-33H,10-13,17-18H2,(H2,29,34,35). The SMILES string of the molecule is NS(=O)(=O)c1ccc(-c2oc(C(O)COCc3cncc(C4(O)CCOCC4)c3)nc2-c2ccccc2)cc1. The Kier molecular flexibility index (Phi) is 7.89. The molecule has 0 radical (unpaired) electrons. The number of hydrogen-bond donors (Lipinski definition) is 3. The summed E-state index contributed by atoms with van der Waals surface area (Å²) in [6, 6.07) is 17.1. The number of aliphatic hydroxyl groups is 2. The van der Waals surface area contributed by atoms with Crippen molar-refractivity contribution in [2.24, 2.45) is 5.14 Å². The van der Waals surface area contributed by atoms with Crippen LogP contribution in [0.3, 0.4) is 0 Å². The fourth-order valence-electron chi connectivity index (χ4n) is 4.44. The lowest BCUT2D eigenvalue weighted by atomic mass is 9.87. The average molecular weight is 552 g/mol. The van der Waals surface area contributed by atoms with Crippen LogP contribution < -0.4 is 5.14 Å². The quantitative estimate of drug-likeness (QED) is 0.284. The van der Waals surface area contributed by atoms with E-state index in [-0.39, 0.29) is 24.0 Å². The number of benzene rings is 2. The van der Waals surface area contributed by atoms with Gasteiger partial charge in [-0.1, -0.05) is 30.3 Å². The molecule has 0 bridgehead atoms. The van der Waals surface area contributed by atoms with E-state index < -0.39 is 21.7 Å². The molecule has 2 aromatic heterocycles. The number of primary sulfonamides is 1. The summed E-state index contributed by atoms with van der Waals surface area (Å²) in [6.07, 6.45) is 3.14. The van der Waals surface area contributed by atoms with Gasteiger partial charge in [0.1, 0.15) is 5.69 Å². The summed E-state index contributed by atoms with van der Waals surface area (Å²) in [4.78, 5) is 8.76. The number of aromatic nitrogens is 2. The molecule has 11 heteroatoms. The monoisotopic (exact) mass is 551 g/mol. The van der Waals surface area contributed by atoms with Crippen molar-refractivity contribution in [3.63, 3.8) is 0 Å². The summed E-state index contributed by atoms with van der Waals surface area (Å²) >= 11 is 0. The third-order valence-corrected chi connectivity index (χ3v) is 7.55. The third kappa shape index (κ3) is 6.25. The maximum absolute atomic E-state index is 11.7. The molecule has 1 aliphatic rings. The topological polar surface area (TPSA) is 158 Å². The minimum Gasteiger partial charge on any atom is -0.437 e. The van der Waals surface area contributed by atoms with E-state index in [4.69, 9.17) is 19.0 Å². The van der Waals surface area contributed by atoms with Gasteiger partial charge < -0.3 is 24.1 Å². The summed E-state index contributed by atoms with van der Waals surface area (Å²) in [5, 5.41) is 27.0. The minimum atomic E-state index is -3.84. The number of aliphatic hydroxyl groups excluding tert-OH is 1. The lowest BCUT2D eigenvalue weighted by Gasteiger charge is -2.32. The van der Waals surface area contributed by atoms with Crippen LogP contribution in [0.4, 0.5) is 0 Å². The van der Waals surface area contributed by atoms with Crippen LogP contribution in [0.2, 0.25) is 0 Å². The predicted molar refractivity (Wildman–Crippen MR) is 142 cm³/mol. The van der Waals surface area contributed by atoms with Gasteiger partial charge in [-0.25, -0.2) is 18.5 Å². The Hall–Kier alpha value is -3.45. The zero-order valence-corrected chi connectivity index (χ0v) is 21.9. The summed E-state index contributed by atoms with van der Waals surface area (Å²) in [7, 11) is -3.84. The van der Waals surface area contributed by atoms with Crippen LogP contribution in [0.1, 0.15) is 36.0 Å². The molecule has 10 nitrogen and oxygen atoms in total. The molecule has 4 aromatic rings. The predicted octanol–water partition coefficient (Wildman–Crippen LogP) is 3.30. The van der Waals surface area contributed by atoms with Crippen molar-refractivity contribution in [2.75, 3.05) is 19.8 Å². The number of sulfonamides is 1. The van der Waals surface area contributed by atoms with Gasteiger partial charge in [-0.2, -0.15) is 0 Å². The molecule has 1 atom stereocenters. The molecule has 0 spiro atoms. The number of hydrogen-bond acceptors (Lipinski definition) is 9. The summed E-state index contributed by atoms with van der Waals surface area (Å²) in [6.45, 7) is 1.05. The van der Waals surface area contributed by atoms with Crippen molar-refractivity contribution in [3.8, 4) is 22.6 Å². The molecule has 1 aliphatic heterocycles. The largest absolute Gasteiger partial charge is 0.437 e. The lowest BCUT2D eigenvalue weighted by Crippen LogP contribution is -2.33. The normalized spacial score (nSPS) is 16.2. The van der Waals surface area contributed by atoms with Gasteiger partial charge in [-0.3, -0.25) is 4.98 Å². The molecule has 0 amide bonds. The van der Waals surface area contributed by atoms with Crippen LogP contribution in [0.25, 0.3) is 22.6 Å². The van der Waals surface area contributed by atoms with E-state index in [0.29, 0.717) is 48.6 Å². The van der Waals surface area contributed by atoms with Crippen molar-refractivity contribution >= 4 is 10.0 Å². The molecule has 1 saturated heterocycles. The van der Waals surface area contributed by atoms with Gasteiger partial charge >= 0.3 is 0 Å².